The van der Waals surface area contributed by atoms with Crippen molar-refractivity contribution >= 4 is 0 Å². The summed E-state index contributed by atoms with van der Waals surface area (Å²) < 4.78 is 7.02. The highest BCUT2D eigenvalue weighted by atomic mass is 16.5. The van der Waals surface area contributed by atoms with Gasteiger partial charge in [-0.05, 0) is 24.6 Å². The largest absolute Gasteiger partial charge is 0.507 e. The number of aryl methyl sites for hydroxylation is 1. The standard InChI is InChI=1S/C13H16N2O2/c1-3-6-15-9-10(8-14-15)12-7-11(17-2)4-5-13(12)16/h4-5,7-9,16H,3,6H2,1-2H3. The molecular weight excluding hydrogens is 216 g/mol. The van der Waals surface area contributed by atoms with Gasteiger partial charge in [0, 0.05) is 23.9 Å². The van der Waals surface area contributed by atoms with Crippen molar-refractivity contribution in [3.8, 4) is 22.6 Å². The molecule has 1 N–H and O–H groups in total. The van der Waals surface area contributed by atoms with Crippen LogP contribution in [0.3, 0.4) is 0 Å². The SMILES string of the molecule is CCCn1cc(-c2cc(OC)ccc2O)cn1. The summed E-state index contributed by atoms with van der Waals surface area (Å²) >= 11 is 0. The molecule has 0 aliphatic heterocycles. The van der Waals surface area contributed by atoms with Crippen molar-refractivity contribution in [2.24, 2.45) is 0 Å². The van der Waals surface area contributed by atoms with Crippen molar-refractivity contribution in [3.63, 3.8) is 0 Å². The maximum atomic E-state index is 9.83. The zero-order valence-corrected chi connectivity index (χ0v) is 10.1. The number of aromatic nitrogens is 2. The van der Waals surface area contributed by atoms with E-state index in [1.807, 2.05) is 16.9 Å². The van der Waals surface area contributed by atoms with Crippen LogP contribution in [0, 0.1) is 0 Å². The summed E-state index contributed by atoms with van der Waals surface area (Å²) in [5.41, 5.74) is 1.64. The summed E-state index contributed by atoms with van der Waals surface area (Å²) in [5, 5.41) is 14.1. The molecule has 4 heteroatoms. The van der Waals surface area contributed by atoms with Gasteiger partial charge in [0.25, 0.3) is 0 Å². The number of hydrogen-bond donors (Lipinski definition) is 1. The van der Waals surface area contributed by atoms with Crippen molar-refractivity contribution < 1.29 is 9.84 Å². The lowest BCUT2D eigenvalue weighted by molar-refractivity contribution is 0.412. The number of hydrogen-bond acceptors (Lipinski definition) is 3. The molecule has 0 atom stereocenters. The van der Waals surface area contributed by atoms with E-state index in [9.17, 15) is 5.11 Å². The van der Waals surface area contributed by atoms with E-state index in [0.717, 1.165) is 29.8 Å². The Balaban J connectivity index is 2.37. The first kappa shape index (κ1) is 11.5. The molecule has 2 rings (SSSR count). The number of methoxy groups -OCH3 is 1. The smallest absolute Gasteiger partial charge is 0.123 e. The monoisotopic (exact) mass is 232 g/mol. The van der Waals surface area contributed by atoms with Crippen LogP contribution in [0.25, 0.3) is 11.1 Å². The molecule has 0 fully saturated rings. The number of phenolic OH excluding ortho intramolecular Hbond substituents is 1. The highest BCUT2D eigenvalue weighted by molar-refractivity contribution is 5.70. The average Bonchev–Trinajstić information content (AvgIpc) is 2.79. The molecule has 1 heterocycles. The van der Waals surface area contributed by atoms with Gasteiger partial charge in [-0.15, -0.1) is 0 Å². The van der Waals surface area contributed by atoms with Gasteiger partial charge in [-0.25, -0.2) is 0 Å². The zero-order valence-electron chi connectivity index (χ0n) is 10.1. The summed E-state index contributed by atoms with van der Waals surface area (Å²) in [6.07, 6.45) is 4.72. The van der Waals surface area contributed by atoms with Gasteiger partial charge in [-0.1, -0.05) is 6.92 Å². The van der Waals surface area contributed by atoms with E-state index in [1.54, 1.807) is 25.4 Å². The van der Waals surface area contributed by atoms with E-state index in [-0.39, 0.29) is 5.75 Å². The number of phenols is 1. The van der Waals surface area contributed by atoms with Gasteiger partial charge in [-0.2, -0.15) is 5.10 Å². The molecule has 0 spiro atoms. The summed E-state index contributed by atoms with van der Waals surface area (Å²) in [4.78, 5) is 0. The van der Waals surface area contributed by atoms with Gasteiger partial charge in [0.05, 0.1) is 13.3 Å². The Morgan fingerprint density at radius 1 is 1.41 bits per heavy atom. The summed E-state index contributed by atoms with van der Waals surface area (Å²) in [7, 11) is 1.61. The minimum Gasteiger partial charge on any atom is -0.507 e. The van der Waals surface area contributed by atoms with E-state index >= 15 is 0 Å². The van der Waals surface area contributed by atoms with E-state index < -0.39 is 0 Å². The third-order valence-corrected chi connectivity index (χ3v) is 2.60. The Kier molecular flexibility index (Phi) is 3.32. The maximum Gasteiger partial charge on any atom is 0.123 e. The van der Waals surface area contributed by atoms with Gasteiger partial charge in [0.1, 0.15) is 11.5 Å². The molecule has 0 aliphatic rings. The van der Waals surface area contributed by atoms with E-state index in [2.05, 4.69) is 12.0 Å². The normalized spacial score (nSPS) is 10.5. The van der Waals surface area contributed by atoms with Crippen molar-refractivity contribution in [1.29, 1.82) is 0 Å². The van der Waals surface area contributed by atoms with Gasteiger partial charge >= 0.3 is 0 Å². The first-order chi connectivity index (χ1) is 8.24. The molecule has 2 aromatic rings. The molecule has 1 aromatic carbocycles. The summed E-state index contributed by atoms with van der Waals surface area (Å²) in [5.74, 6) is 0.961. The second-order valence-corrected chi connectivity index (χ2v) is 3.88. The summed E-state index contributed by atoms with van der Waals surface area (Å²) in [6, 6.07) is 5.17. The molecule has 0 amide bonds. The number of nitrogens with zero attached hydrogens (tertiary/aromatic N) is 2. The van der Waals surface area contributed by atoms with E-state index in [4.69, 9.17) is 4.74 Å². The summed E-state index contributed by atoms with van der Waals surface area (Å²) in [6.45, 7) is 2.98. The highest BCUT2D eigenvalue weighted by Crippen LogP contribution is 2.32. The van der Waals surface area contributed by atoms with Crippen molar-refractivity contribution in [2.75, 3.05) is 7.11 Å². The first-order valence-electron chi connectivity index (χ1n) is 5.64. The van der Waals surface area contributed by atoms with Crippen LogP contribution in [-0.4, -0.2) is 22.0 Å². The minimum absolute atomic E-state index is 0.238. The maximum absolute atomic E-state index is 9.83. The Labute approximate surface area is 100 Å². The number of rotatable bonds is 4. The molecule has 17 heavy (non-hydrogen) atoms. The topological polar surface area (TPSA) is 47.3 Å². The number of benzene rings is 1. The zero-order chi connectivity index (χ0) is 12.3. The number of ether oxygens (including phenoxy) is 1. The molecular formula is C13H16N2O2. The van der Waals surface area contributed by atoms with Gasteiger partial charge in [0.2, 0.25) is 0 Å². The predicted octanol–water partition coefficient (Wildman–Crippen LogP) is 2.67. The second kappa shape index (κ2) is 4.91. The lowest BCUT2D eigenvalue weighted by Crippen LogP contribution is -1.95. The Bertz CT molecular complexity index is 506. The lowest BCUT2D eigenvalue weighted by Gasteiger charge is -2.05. The molecule has 0 unspecified atom stereocenters. The Morgan fingerprint density at radius 2 is 2.24 bits per heavy atom. The molecule has 0 bridgehead atoms. The second-order valence-electron chi connectivity index (χ2n) is 3.88. The van der Waals surface area contributed by atoms with Crippen LogP contribution in [0.1, 0.15) is 13.3 Å². The van der Waals surface area contributed by atoms with Crippen LogP contribution < -0.4 is 4.74 Å². The van der Waals surface area contributed by atoms with Crippen LogP contribution >= 0.6 is 0 Å². The minimum atomic E-state index is 0.238. The fraction of sp³-hybridized carbons (Fsp3) is 0.308. The highest BCUT2D eigenvalue weighted by Gasteiger charge is 2.08. The van der Waals surface area contributed by atoms with Crippen LogP contribution in [0.15, 0.2) is 30.6 Å². The first-order valence-corrected chi connectivity index (χ1v) is 5.64. The molecule has 0 aliphatic carbocycles. The van der Waals surface area contributed by atoms with Gasteiger partial charge < -0.3 is 9.84 Å². The Morgan fingerprint density at radius 3 is 2.94 bits per heavy atom. The average molecular weight is 232 g/mol. The fourth-order valence-corrected chi connectivity index (χ4v) is 1.73. The van der Waals surface area contributed by atoms with Gasteiger partial charge in [0.15, 0.2) is 0 Å². The molecule has 0 saturated heterocycles. The lowest BCUT2D eigenvalue weighted by atomic mass is 10.1. The molecule has 0 saturated carbocycles. The van der Waals surface area contributed by atoms with Gasteiger partial charge in [-0.3, -0.25) is 4.68 Å². The van der Waals surface area contributed by atoms with Crippen LogP contribution in [-0.2, 0) is 6.54 Å². The van der Waals surface area contributed by atoms with Crippen LogP contribution in [0.2, 0.25) is 0 Å². The number of aromatic hydroxyl groups is 1. The van der Waals surface area contributed by atoms with E-state index in [1.165, 1.54) is 0 Å². The Hall–Kier alpha value is -1.97. The third kappa shape index (κ3) is 2.41. The van der Waals surface area contributed by atoms with E-state index in [0.29, 0.717) is 0 Å². The van der Waals surface area contributed by atoms with Crippen molar-refractivity contribution in [1.82, 2.24) is 9.78 Å². The quantitative estimate of drug-likeness (QED) is 0.881. The molecule has 4 nitrogen and oxygen atoms in total. The third-order valence-electron chi connectivity index (χ3n) is 2.60. The van der Waals surface area contributed by atoms with Crippen molar-refractivity contribution in [3.05, 3.63) is 30.6 Å². The molecule has 0 radical (unpaired) electrons. The predicted molar refractivity (Wildman–Crippen MR) is 66.2 cm³/mol. The van der Waals surface area contributed by atoms with Crippen LogP contribution in [0.4, 0.5) is 0 Å². The molecule has 1 aromatic heterocycles. The molecule has 90 valence electrons. The fourth-order valence-electron chi connectivity index (χ4n) is 1.73. The van der Waals surface area contributed by atoms with Crippen LogP contribution in [0.5, 0.6) is 11.5 Å². The van der Waals surface area contributed by atoms with Crippen molar-refractivity contribution in [2.45, 2.75) is 19.9 Å².